The number of nitrogens with zero attached hydrogens (tertiary/aromatic N) is 2. The van der Waals surface area contributed by atoms with Crippen molar-refractivity contribution in [1.29, 1.82) is 0 Å². The molecule has 0 aliphatic carbocycles. The van der Waals surface area contributed by atoms with E-state index in [0.29, 0.717) is 18.2 Å². The predicted molar refractivity (Wildman–Crippen MR) is 82.9 cm³/mol. The fourth-order valence-corrected chi connectivity index (χ4v) is 2.46. The maximum Gasteiger partial charge on any atom is 0.155 e. The molecule has 0 saturated carbocycles. The van der Waals surface area contributed by atoms with E-state index in [9.17, 15) is 4.79 Å². The minimum atomic E-state index is 0.126. The first-order valence-electron chi connectivity index (χ1n) is 7.53. The number of Topliss-reactive ketones (excluding diaryl/α,β-unsaturated/α-hetero) is 1. The third kappa shape index (κ3) is 2.77. The van der Waals surface area contributed by atoms with Crippen molar-refractivity contribution in [2.45, 2.75) is 53.0 Å². The molecule has 0 aliphatic heterocycles. The normalized spacial score (nSPS) is 14.4. The van der Waals surface area contributed by atoms with Gasteiger partial charge in [0, 0.05) is 29.9 Å². The smallest absolute Gasteiger partial charge is 0.155 e. The second-order valence-corrected chi connectivity index (χ2v) is 5.69. The molecule has 108 valence electrons. The zero-order valence-corrected chi connectivity index (χ0v) is 12.9. The Morgan fingerprint density at radius 1 is 1.30 bits per heavy atom. The molecule has 0 N–H and O–H groups in total. The summed E-state index contributed by atoms with van der Waals surface area (Å²) < 4.78 is 2.09. The fourth-order valence-electron chi connectivity index (χ4n) is 2.46. The van der Waals surface area contributed by atoms with Gasteiger partial charge in [-0.25, -0.2) is 0 Å². The maximum atomic E-state index is 12.2. The first-order valence-corrected chi connectivity index (χ1v) is 7.53. The van der Waals surface area contributed by atoms with Crippen LogP contribution in [-0.2, 0) is 11.3 Å². The van der Waals surface area contributed by atoms with Crippen LogP contribution in [0.5, 0.6) is 0 Å². The third-order valence-electron chi connectivity index (χ3n) is 4.34. The van der Waals surface area contributed by atoms with Gasteiger partial charge < -0.3 is 4.57 Å². The van der Waals surface area contributed by atoms with Crippen LogP contribution in [0, 0.1) is 5.92 Å². The van der Waals surface area contributed by atoms with Crippen molar-refractivity contribution in [1.82, 2.24) is 9.55 Å². The highest BCUT2D eigenvalue weighted by Gasteiger charge is 2.16. The van der Waals surface area contributed by atoms with E-state index < -0.39 is 0 Å². The molecule has 0 radical (unpaired) electrons. The number of carbonyl (C=O) groups is 1. The number of rotatable bonds is 6. The summed E-state index contributed by atoms with van der Waals surface area (Å²) in [7, 11) is 0. The van der Waals surface area contributed by atoms with Gasteiger partial charge in [-0.3, -0.25) is 9.78 Å². The number of aromatic nitrogens is 2. The van der Waals surface area contributed by atoms with E-state index in [1.807, 2.05) is 19.2 Å². The maximum absolute atomic E-state index is 12.2. The molecular formula is C17H24N2O. The molecule has 0 aliphatic rings. The zero-order valence-electron chi connectivity index (χ0n) is 12.9. The Hall–Kier alpha value is -1.64. The van der Waals surface area contributed by atoms with Gasteiger partial charge in [0.15, 0.2) is 5.78 Å². The molecular weight excluding hydrogens is 248 g/mol. The molecule has 2 atom stereocenters. The minimum absolute atomic E-state index is 0.126. The van der Waals surface area contributed by atoms with Crippen molar-refractivity contribution in [2.24, 2.45) is 5.92 Å². The molecule has 0 amide bonds. The van der Waals surface area contributed by atoms with Crippen LogP contribution in [0.1, 0.15) is 52.0 Å². The number of carbonyl (C=O) groups excluding carboxylic acids is 1. The van der Waals surface area contributed by atoms with Gasteiger partial charge in [-0.05, 0) is 30.4 Å². The number of hydrogen-bond donors (Lipinski definition) is 0. The Morgan fingerprint density at radius 3 is 2.70 bits per heavy atom. The highest BCUT2D eigenvalue weighted by atomic mass is 16.1. The topological polar surface area (TPSA) is 34.9 Å². The van der Waals surface area contributed by atoms with E-state index in [4.69, 9.17) is 0 Å². The number of hydrogen-bond acceptors (Lipinski definition) is 2. The standard InChI is InChI=1S/C17H24N2O/c1-5-12(3)15-10-19(11-17(20)13(4)6-2)16-7-8-18-9-14(15)16/h7-10,12-13H,5-6,11H2,1-4H3. The van der Waals surface area contributed by atoms with Gasteiger partial charge in [-0.1, -0.05) is 27.7 Å². The van der Waals surface area contributed by atoms with Crippen LogP contribution in [0.2, 0.25) is 0 Å². The summed E-state index contributed by atoms with van der Waals surface area (Å²) in [5, 5.41) is 1.18. The lowest BCUT2D eigenvalue weighted by Gasteiger charge is -2.09. The third-order valence-corrected chi connectivity index (χ3v) is 4.34. The molecule has 3 nitrogen and oxygen atoms in total. The molecule has 2 aromatic heterocycles. The van der Waals surface area contributed by atoms with Gasteiger partial charge in [-0.2, -0.15) is 0 Å². The lowest BCUT2D eigenvalue weighted by atomic mass is 9.99. The highest BCUT2D eigenvalue weighted by molar-refractivity contribution is 5.87. The van der Waals surface area contributed by atoms with E-state index in [-0.39, 0.29) is 5.92 Å². The van der Waals surface area contributed by atoms with Crippen molar-refractivity contribution < 1.29 is 4.79 Å². The Bertz CT molecular complexity index is 600. The molecule has 20 heavy (non-hydrogen) atoms. The van der Waals surface area contributed by atoms with E-state index in [2.05, 4.69) is 36.5 Å². The summed E-state index contributed by atoms with van der Waals surface area (Å²) in [4.78, 5) is 16.4. The van der Waals surface area contributed by atoms with Crippen molar-refractivity contribution in [2.75, 3.05) is 0 Å². The lowest BCUT2D eigenvalue weighted by Crippen LogP contribution is -2.16. The largest absolute Gasteiger partial charge is 0.340 e. The Kier molecular flexibility index (Phi) is 4.58. The molecule has 0 fully saturated rings. The summed E-state index contributed by atoms with van der Waals surface area (Å²) in [6.07, 6.45) is 7.85. The van der Waals surface area contributed by atoms with Crippen LogP contribution >= 0.6 is 0 Å². The predicted octanol–water partition coefficient (Wildman–Crippen LogP) is 4.17. The van der Waals surface area contributed by atoms with Gasteiger partial charge >= 0.3 is 0 Å². The molecule has 2 unspecified atom stereocenters. The first kappa shape index (κ1) is 14.8. The average Bonchev–Trinajstić information content (AvgIpc) is 2.84. The SMILES string of the molecule is CCC(C)C(=O)Cn1cc(C(C)CC)c2cnccc21. The van der Waals surface area contributed by atoms with Crippen LogP contribution in [0.3, 0.4) is 0 Å². The second-order valence-electron chi connectivity index (χ2n) is 5.69. The van der Waals surface area contributed by atoms with E-state index in [1.165, 1.54) is 10.9 Å². The fraction of sp³-hybridized carbons (Fsp3) is 0.529. The first-order chi connectivity index (χ1) is 9.58. The van der Waals surface area contributed by atoms with E-state index >= 15 is 0 Å². The lowest BCUT2D eigenvalue weighted by molar-refractivity contribution is -0.122. The molecule has 0 aromatic carbocycles. The molecule has 0 saturated heterocycles. The van der Waals surface area contributed by atoms with Gasteiger partial charge in [-0.15, -0.1) is 0 Å². The monoisotopic (exact) mass is 272 g/mol. The summed E-state index contributed by atoms with van der Waals surface area (Å²) in [5.74, 6) is 0.917. The van der Waals surface area contributed by atoms with Crippen LogP contribution in [0.15, 0.2) is 24.7 Å². The highest BCUT2D eigenvalue weighted by Crippen LogP contribution is 2.29. The number of pyridine rings is 1. The second kappa shape index (κ2) is 6.21. The Labute approximate surface area is 121 Å². The quantitative estimate of drug-likeness (QED) is 0.791. The Morgan fingerprint density at radius 2 is 2.05 bits per heavy atom. The van der Waals surface area contributed by atoms with Gasteiger partial charge in [0.05, 0.1) is 12.1 Å². The zero-order chi connectivity index (χ0) is 14.7. The Balaban J connectivity index is 2.41. The van der Waals surface area contributed by atoms with Crippen LogP contribution in [-0.4, -0.2) is 15.3 Å². The van der Waals surface area contributed by atoms with E-state index in [1.54, 1.807) is 6.20 Å². The van der Waals surface area contributed by atoms with Crippen LogP contribution < -0.4 is 0 Å². The summed E-state index contributed by atoms with van der Waals surface area (Å²) in [5.41, 5.74) is 2.42. The molecule has 0 spiro atoms. The summed E-state index contributed by atoms with van der Waals surface area (Å²) in [6.45, 7) is 8.94. The molecule has 3 heteroatoms. The van der Waals surface area contributed by atoms with Crippen LogP contribution in [0.25, 0.3) is 10.9 Å². The van der Waals surface area contributed by atoms with Crippen molar-refractivity contribution >= 4 is 16.7 Å². The van der Waals surface area contributed by atoms with Gasteiger partial charge in [0.25, 0.3) is 0 Å². The molecule has 2 heterocycles. The van der Waals surface area contributed by atoms with Crippen molar-refractivity contribution in [3.8, 4) is 0 Å². The summed E-state index contributed by atoms with van der Waals surface area (Å²) in [6, 6.07) is 2.01. The van der Waals surface area contributed by atoms with E-state index in [0.717, 1.165) is 18.4 Å². The van der Waals surface area contributed by atoms with Crippen LogP contribution in [0.4, 0.5) is 0 Å². The summed E-state index contributed by atoms with van der Waals surface area (Å²) >= 11 is 0. The molecule has 2 aromatic rings. The van der Waals surface area contributed by atoms with Gasteiger partial charge in [0.2, 0.25) is 0 Å². The minimum Gasteiger partial charge on any atom is -0.340 e. The number of ketones is 1. The molecule has 0 bridgehead atoms. The molecule has 2 rings (SSSR count). The number of fused-ring (bicyclic) bond motifs is 1. The van der Waals surface area contributed by atoms with Crippen molar-refractivity contribution in [3.05, 3.63) is 30.2 Å². The van der Waals surface area contributed by atoms with Gasteiger partial charge in [0.1, 0.15) is 0 Å². The van der Waals surface area contributed by atoms with Crippen molar-refractivity contribution in [3.63, 3.8) is 0 Å². The average molecular weight is 272 g/mol.